The first-order chi connectivity index (χ1) is 14.5. The molecule has 0 aromatic heterocycles. The molecule has 3 atom stereocenters. The largest absolute Gasteiger partial charge is 0.450 e. The number of hydrogen-bond donors (Lipinski definition) is 1. The van der Waals surface area contributed by atoms with Gasteiger partial charge in [0, 0.05) is 29.8 Å². The van der Waals surface area contributed by atoms with Crippen molar-refractivity contribution in [3.05, 3.63) is 41.5 Å². The lowest BCUT2D eigenvalue weighted by Crippen LogP contribution is -2.53. The predicted octanol–water partition coefficient (Wildman–Crippen LogP) is 3.71. The zero-order valence-electron chi connectivity index (χ0n) is 16.8. The highest BCUT2D eigenvalue weighted by Gasteiger charge is 2.58. The molecule has 0 spiro atoms. The van der Waals surface area contributed by atoms with Crippen LogP contribution in [-0.2, 0) is 4.74 Å². The SMILES string of the molecule is CCOC(=O)N1CC=C2C(C#N)C(=N)C(C#N)(C#N)[C@H](c3ccc(SC)cc3)[C@H]2C1. The van der Waals surface area contributed by atoms with Gasteiger partial charge in [-0.3, -0.25) is 0 Å². The fourth-order valence-corrected chi connectivity index (χ4v) is 4.77. The van der Waals surface area contributed by atoms with Gasteiger partial charge in [0.05, 0.1) is 30.5 Å². The number of fused-ring (bicyclic) bond motifs is 1. The van der Waals surface area contributed by atoms with Gasteiger partial charge in [-0.2, -0.15) is 15.8 Å². The van der Waals surface area contributed by atoms with Crippen LogP contribution in [0.3, 0.4) is 0 Å². The van der Waals surface area contributed by atoms with Gasteiger partial charge in [-0.25, -0.2) is 4.79 Å². The number of ether oxygens (including phenoxy) is 1. The fourth-order valence-electron chi connectivity index (χ4n) is 4.36. The molecule has 30 heavy (non-hydrogen) atoms. The summed E-state index contributed by atoms with van der Waals surface area (Å²) < 4.78 is 5.13. The van der Waals surface area contributed by atoms with Crippen LogP contribution in [0.25, 0.3) is 0 Å². The van der Waals surface area contributed by atoms with Crippen molar-refractivity contribution in [3.8, 4) is 18.2 Å². The average Bonchev–Trinajstić information content (AvgIpc) is 2.78. The van der Waals surface area contributed by atoms with Gasteiger partial charge in [-0.05, 0) is 36.4 Å². The molecular weight excluding hydrogens is 398 g/mol. The second-order valence-corrected chi connectivity index (χ2v) is 8.05. The second-order valence-electron chi connectivity index (χ2n) is 7.17. The molecular formula is C22H21N5O2S. The van der Waals surface area contributed by atoms with Gasteiger partial charge in [-0.1, -0.05) is 18.2 Å². The molecule has 1 aliphatic carbocycles. The molecule has 8 heteroatoms. The van der Waals surface area contributed by atoms with Gasteiger partial charge < -0.3 is 15.0 Å². The highest BCUT2D eigenvalue weighted by Crippen LogP contribution is 2.53. The van der Waals surface area contributed by atoms with E-state index in [4.69, 9.17) is 10.1 Å². The molecule has 7 nitrogen and oxygen atoms in total. The quantitative estimate of drug-likeness (QED) is 0.588. The van der Waals surface area contributed by atoms with Crippen molar-refractivity contribution >= 4 is 23.6 Å². The van der Waals surface area contributed by atoms with Crippen molar-refractivity contribution in [3.63, 3.8) is 0 Å². The van der Waals surface area contributed by atoms with Gasteiger partial charge in [0.25, 0.3) is 0 Å². The summed E-state index contributed by atoms with van der Waals surface area (Å²) in [5, 5.41) is 38.5. The zero-order valence-corrected chi connectivity index (χ0v) is 17.6. The number of thioether (sulfide) groups is 1. The lowest BCUT2D eigenvalue weighted by molar-refractivity contribution is 0.0992. The molecule has 2 aliphatic rings. The minimum absolute atomic E-state index is 0.193. The molecule has 1 aromatic carbocycles. The predicted molar refractivity (Wildman–Crippen MR) is 112 cm³/mol. The van der Waals surface area contributed by atoms with Gasteiger partial charge in [-0.15, -0.1) is 11.8 Å². The van der Waals surface area contributed by atoms with E-state index in [0.717, 1.165) is 10.5 Å². The zero-order chi connectivity index (χ0) is 21.9. The van der Waals surface area contributed by atoms with E-state index in [9.17, 15) is 20.6 Å². The molecule has 0 saturated heterocycles. The molecule has 1 unspecified atom stereocenters. The molecule has 1 amide bonds. The molecule has 1 N–H and O–H groups in total. The summed E-state index contributed by atoms with van der Waals surface area (Å²) in [4.78, 5) is 14.9. The van der Waals surface area contributed by atoms with Crippen LogP contribution in [0.4, 0.5) is 4.79 Å². The molecule has 152 valence electrons. The van der Waals surface area contributed by atoms with Gasteiger partial charge in [0.15, 0.2) is 5.41 Å². The number of benzene rings is 1. The molecule has 0 radical (unpaired) electrons. The third kappa shape index (κ3) is 3.32. The molecule has 1 heterocycles. The summed E-state index contributed by atoms with van der Waals surface area (Å²) in [7, 11) is 0. The summed E-state index contributed by atoms with van der Waals surface area (Å²) in [6.07, 6.45) is 3.25. The van der Waals surface area contributed by atoms with Crippen molar-refractivity contribution in [2.24, 2.45) is 17.3 Å². The Morgan fingerprint density at radius 2 is 1.97 bits per heavy atom. The summed E-state index contributed by atoms with van der Waals surface area (Å²) >= 11 is 1.58. The van der Waals surface area contributed by atoms with Crippen molar-refractivity contribution in [1.82, 2.24) is 4.90 Å². The van der Waals surface area contributed by atoms with Crippen molar-refractivity contribution in [2.45, 2.75) is 17.7 Å². The monoisotopic (exact) mass is 419 g/mol. The highest BCUT2D eigenvalue weighted by molar-refractivity contribution is 7.98. The normalized spacial score (nSPS) is 24.5. The minimum atomic E-state index is -1.79. The Hall–Kier alpha value is -3.28. The Kier molecular flexibility index (Phi) is 6.15. The lowest BCUT2D eigenvalue weighted by Gasteiger charge is -2.47. The molecule has 3 rings (SSSR count). The first kappa shape index (κ1) is 21.4. The highest BCUT2D eigenvalue weighted by atomic mass is 32.2. The Labute approximate surface area is 180 Å². The van der Waals surface area contributed by atoms with E-state index in [0.29, 0.717) is 5.57 Å². The van der Waals surface area contributed by atoms with Crippen molar-refractivity contribution < 1.29 is 9.53 Å². The third-order valence-electron chi connectivity index (χ3n) is 5.79. The Morgan fingerprint density at radius 3 is 2.50 bits per heavy atom. The van der Waals surface area contributed by atoms with Gasteiger partial charge in [0.1, 0.15) is 5.92 Å². The third-order valence-corrected chi connectivity index (χ3v) is 6.53. The van der Waals surface area contributed by atoms with Crippen LogP contribution >= 0.6 is 11.8 Å². The van der Waals surface area contributed by atoms with Crippen LogP contribution in [0.5, 0.6) is 0 Å². The van der Waals surface area contributed by atoms with Crippen molar-refractivity contribution in [2.75, 3.05) is 26.0 Å². The fraction of sp³-hybridized carbons (Fsp3) is 0.409. The van der Waals surface area contributed by atoms with E-state index in [2.05, 4.69) is 18.2 Å². The first-order valence-electron chi connectivity index (χ1n) is 9.54. The number of nitriles is 3. The number of carbonyl (C=O) groups is 1. The van der Waals surface area contributed by atoms with E-state index in [1.807, 2.05) is 30.5 Å². The van der Waals surface area contributed by atoms with E-state index < -0.39 is 29.3 Å². The van der Waals surface area contributed by atoms with E-state index in [1.165, 1.54) is 4.90 Å². The second kappa shape index (κ2) is 8.61. The summed E-state index contributed by atoms with van der Waals surface area (Å²) in [6.45, 7) is 2.45. The number of amides is 1. The summed E-state index contributed by atoms with van der Waals surface area (Å²) in [6, 6.07) is 13.8. The minimum Gasteiger partial charge on any atom is -0.450 e. The topological polar surface area (TPSA) is 125 Å². The first-order valence-corrected chi connectivity index (χ1v) is 10.8. The molecule has 1 aliphatic heterocycles. The molecule has 0 bridgehead atoms. The number of rotatable bonds is 3. The number of hydrogen-bond acceptors (Lipinski definition) is 7. The number of nitrogens with one attached hydrogen (secondary N) is 1. The number of nitrogens with zero attached hydrogens (tertiary/aromatic N) is 4. The Morgan fingerprint density at radius 1 is 1.30 bits per heavy atom. The van der Waals surface area contributed by atoms with E-state index in [-0.39, 0.29) is 25.4 Å². The smallest absolute Gasteiger partial charge is 0.410 e. The van der Waals surface area contributed by atoms with E-state index >= 15 is 0 Å². The van der Waals surface area contributed by atoms with Crippen LogP contribution < -0.4 is 0 Å². The van der Waals surface area contributed by atoms with Gasteiger partial charge in [0.2, 0.25) is 0 Å². The van der Waals surface area contributed by atoms with Crippen molar-refractivity contribution in [1.29, 1.82) is 21.2 Å². The molecule has 1 saturated carbocycles. The summed E-state index contributed by atoms with van der Waals surface area (Å²) in [5.41, 5.74) is -0.552. The standard InChI is InChI=1S/C22H21N5O2S/c1-3-29-21(28)27-9-8-16-17(10-23)20(26)22(12-24,13-25)19(18(16)11-27)14-4-6-15(30-2)7-5-14/h4-8,17-19,26H,3,9,11H2,1-2H3/t17?,18-,19+/m0/s1. The van der Waals surface area contributed by atoms with Gasteiger partial charge >= 0.3 is 6.09 Å². The molecule has 1 aromatic rings. The van der Waals surface area contributed by atoms with Crippen LogP contribution in [-0.4, -0.2) is 42.7 Å². The maximum absolute atomic E-state index is 12.3. The van der Waals surface area contributed by atoms with Crippen LogP contribution in [0.15, 0.2) is 40.8 Å². The van der Waals surface area contributed by atoms with Crippen LogP contribution in [0, 0.1) is 56.7 Å². The Bertz CT molecular complexity index is 998. The number of carbonyl (C=O) groups excluding carboxylic acids is 1. The van der Waals surface area contributed by atoms with E-state index in [1.54, 1.807) is 24.8 Å². The van der Waals surface area contributed by atoms with Crippen LogP contribution in [0.1, 0.15) is 18.4 Å². The average molecular weight is 420 g/mol. The van der Waals surface area contributed by atoms with Crippen LogP contribution in [0.2, 0.25) is 0 Å². The maximum Gasteiger partial charge on any atom is 0.410 e. The molecule has 1 fully saturated rings. The Balaban J connectivity index is 2.17. The lowest BCUT2D eigenvalue weighted by atomic mass is 9.54. The summed E-state index contributed by atoms with van der Waals surface area (Å²) in [5.74, 6) is -2.08. The maximum atomic E-state index is 12.3.